The van der Waals surface area contributed by atoms with Gasteiger partial charge in [0.25, 0.3) is 0 Å². The van der Waals surface area contributed by atoms with Crippen molar-refractivity contribution >= 4 is 17.6 Å². The van der Waals surface area contributed by atoms with Crippen LogP contribution in [0.2, 0.25) is 0 Å². The van der Waals surface area contributed by atoms with Gasteiger partial charge in [0, 0.05) is 45.1 Å². The van der Waals surface area contributed by atoms with Crippen LogP contribution in [0.5, 0.6) is 5.75 Å². The molecule has 2 aliphatic rings. The van der Waals surface area contributed by atoms with Gasteiger partial charge in [-0.2, -0.15) is 9.78 Å². The molecule has 5 rings (SSSR count). The van der Waals surface area contributed by atoms with Gasteiger partial charge in [0.05, 0.1) is 11.9 Å². The number of hydrogen-bond donors (Lipinski definition) is 0. The fraction of sp³-hybridized carbons (Fsp3) is 0.333. The smallest absolute Gasteiger partial charge is 0.316 e. The van der Waals surface area contributed by atoms with Crippen LogP contribution >= 0.6 is 11.9 Å². The molecule has 3 aromatic rings. The Morgan fingerprint density at radius 1 is 0.941 bits per heavy atom. The third kappa shape index (κ3) is 4.52. The molecule has 1 saturated heterocycles. The lowest BCUT2D eigenvalue weighted by Gasteiger charge is -2.35. The summed E-state index contributed by atoms with van der Waals surface area (Å²) in [4.78, 5) is 15.6. The van der Waals surface area contributed by atoms with Crippen molar-refractivity contribution in [2.75, 3.05) is 37.3 Å². The number of anilines is 1. The summed E-state index contributed by atoms with van der Waals surface area (Å²) in [5.74, 6) is -1.85. The topological polar surface area (TPSA) is 50.6 Å². The Hall–Kier alpha value is -2.98. The lowest BCUT2D eigenvalue weighted by molar-refractivity contribution is 0.209. The van der Waals surface area contributed by atoms with E-state index in [1.165, 1.54) is 18.3 Å². The Labute approximate surface area is 199 Å². The molecule has 1 atom stereocenters. The molecule has 34 heavy (non-hydrogen) atoms. The minimum atomic E-state index is -0.809. The predicted octanol–water partition coefficient (Wildman–Crippen LogP) is 3.60. The Balaban J connectivity index is 1.52. The van der Waals surface area contributed by atoms with E-state index in [9.17, 15) is 18.0 Å². The highest BCUT2D eigenvalue weighted by atomic mass is 32.2. The minimum absolute atomic E-state index is 0.0251. The van der Waals surface area contributed by atoms with Crippen molar-refractivity contribution in [3.8, 4) is 11.4 Å². The molecule has 2 aromatic carbocycles. The lowest BCUT2D eigenvalue weighted by Crippen LogP contribution is -2.44. The highest BCUT2D eigenvalue weighted by Gasteiger charge is 2.29. The highest BCUT2D eigenvalue weighted by Crippen LogP contribution is 2.31. The number of halogens is 3. The quantitative estimate of drug-likeness (QED) is 0.512. The molecule has 0 amide bonds. The molecule has 2 heterocycles. The van der Waals surface area contributed by atoms with E-state index in [-0.39, 0.29) is 23.4 Å². The van der Waals surface area contributed by atoms with Crippen molar-refractivity contribution < 1.29 is 17.9 Å². The maximum Gasteiger partial charge on any atom is 0.316 e. The number of piperazine rings is 1. The van der Waals surface area contributed by atoms with Crippen molar-refractivity contribution in [2.45, 2.75) is 18.9 Å². The summed E-state index contributed by atoms with van der Waals surface area (Å²) in [6, 6.07) is 7.47. The van der Waals surface area contributed by atoms with Crippen LogP contribution in [-0.2, 0) is 12.8 Å². The largest absolute Gasteiger partial charge is 0.482 e. The van der Waals surface area contributed by atoms with Crippen LogP contribution < -0.4 is 15.2 Å². The van der Waals surface area contributed by atoms with Crippen molar-refractivity contribution in [1.29, 1.82) is 0 Å². The number of fused-ring (bicyclic) bond motifs is 1. The van der Waals surface area contributed by atoms with E-state index in [2.05, 4.69) is 9.40 Å². The van der Waals surface area contributed by atoms with E-state index in [0.717, 1.165) is 47.1 Å². The van der Waals surface area contributed by atoms with Gasteiger partial charge in [-0.25, -0.2) is 17.5 Å². The van der Waals surface area contributed by atoms with Crippen LogP contribution in [0.3, 0.4) is 0 Å². The van der Waals surface area contributed by atoms with Crippen molar-refractivity contribution in [3.63, 3.8) is 0 Å². The summed E-state index contributed by atoms with van der Waals surface area (Å²) in [6.45, 7) is 2.94. The monoisotopic (exact) mass is 488 g/mol. The molecule has 178 valence electrons. The number of hydrogen-bond acceptors (Lipinski definition) is 6. The maximum absolute atomic E-state index is 13.8. The van der Waals surface area contributed by atoms with E-state index in [1.54, 1.807) is 18.0 Å². The van der Waals surface area contributed by atoms with Gasteiger partial charge in [0.2, 0.25) is 5.75 Å². The molecule has 1 fully saturated rings. The molecular weight excluding hydrogens is 465 g/mol. The van der Waals surface area contributed by atoms with Crippen LogP contribution in [0.1, 0.15) is 11.1 Å². The number of nitrogens with zero attached hydrogens (tertiary/aromatic N) is 4. The van der Waals surface area contributed by atoms with Gasteiger partial charge in [0.1, 0.15) is 29.2 Å². The Morgan fingerprint density at radius 3 is 2.35 bits per heavy atom. The van der Waals surface area contributed by atoms with E-state index in [4.69, 9.17) is 4.74 Å². The fourth-order valence-electron chi connectivity index (χ4n) is 4.52. The molecule has 0 bridgehead atoms. The van der Waals surface area contributed by atoms with Crippen LogP contribution in [0, 0.1) is 17.5 Å². The second kappa shape index (κ2) is 9.34. The summed E-state index contributed by atoms with van der Waals surface area (Å²) >= 11 is 1.67. The minimum Gasteiger partial charge on any atom is -0.482 e. The number of benzene rings is 2. The van der Waals surface area contributed by atoms with Gasteiger partial charge in [-0.05, 0) is 41.6 Å². The Bertz CT molecular complexity index is 1260. The third-order valence-electron chi connectivity index (χ3n) is 6.19. The highest BCUT2D eigenvalue weighted by molar-refractivity contribution is 7.96. The summed E-state index contributed by atoms with van der Waals surface area (Å²) in [5, 5.41) is 4.21. The number of aromatic nitrogens is 2. The first-order valence-corrected chi connectivity index (χ1v) is 12.2. The molecule has 1 aliphatic carbocycles. The number of rotatable bonds is 5. The van der Waals surface area contributed by atoms with Crippen LogP contribution in [-0.4, -0.2) is 52.6 Å². The molecule has 1 aromatic heterocycles. The van der Waals surface area contributed by atoms with Crippen LogP contribution in [0.15, 0.2) is 47.4 Å². The molecule has 6 nitrogen and oxygen atoms in total. The summed E-state index contributed by atoms with van der Waals surface area (Å²) < 4.78 is 50.8. The van der Waals surface area contributed by atoms with Crippen molar-refractivity contribution in [3.05, 3.63) is 81.5 Å². The molecule has 1 aliphatic heterocycles. The summed E-state index contributed by atoms with van der Waals surface area (Å²) in [7, 11) is 0. The fourth-order valence-corrected chi connectivity index (χ4v) is 5.05. The van der Waals surface area contributed by atoms with Crippen LogP contribution in [0.25, 0.3) is 5.69 Å². The van der Waals surface area contributed by atoms with Gasteiger partial charge in [0.15, 0.2) is 0 Å². The zero-order valence-corrected chi connectivity index (χ0v) is 19.3. The first kappa shape index (κ1) is 22.8. The van der Waals surface area contributed by atoms with Gasteiger partial charge in [-0.15, -0.1) is 0 Å². The molecule has 0 saturated carbocycles. The summed E-state index contributed by atoms with van der Waals surface area (Å²) in [5.41, 5.74) is 1.74. The zero-order chi connectivity index (χ0) is 23.8. The van der Waals surface area contributed by atoms with Crippen LogP contribution in [0.4, 0.5) is 18.9 Å². The van der Waals surface area contributed by atoms with E-state index >= 15 is 0 Å². The van der Waals surface area contributed by atoms with Crippen molar-refractivity contribution in [2.24, 2.45) is 0 Å². The van der Waals surface area contributed by atoms with E-state index in [1.807, 2.05) is 11.2 Å². The molecule has 0 radical (unpaired) electrons. The Morgan fingerprint density at radius 2 is 1.65 bits per heavy atom. The lowest BCUT2D eigenvalue weighted by atomic mass is 10.1. The molecule has 1 unspecified atom stereocenters. The van der Waals surface area contributed by atoms with Gasteiger partial charge in [-0.1, -0.05) is 18.0 Å². The average molecular weight is 489 g/mol. The second-order valence-corrected chi connectivity index (χ2v) is 9.24. The number of ether oxygens (including phenoxy) is 1. The zero-order valence-electron chi connectivity index (χ0n) is 18.5. The SMILES string of the molecule is CSN1CCN(c2cnn(-c3cc(F)cc(F)c3)c(=O)c2OC2Cc3ccc(F)cc3C2)CC1. The second-order valence-electron chi connectivity index (χ2n) is 8.36. The maximum atomic E-state index is 13.8. The molecular formula is C24H23F3N4O2S. The molecule has 0 N–H and O–H groups in total. The third-order valence-corrected chi connectivity index (χ3v) is 7.07. The molecule has 0 spiro atoms. The van der Waals surface area contributed by atoms with Crippen molar-refractivity contribution in [1.82, 2.24) is 14.1 Å². The normalized spacial score (nSPS) is 18.2. The first-order valence-electron chi connectivity index (χ1n) is 11.0. The molecule has 10 heteroatoms. The Kier molecular flexibility index (Phi) is 6.26. The predicted molar refractivity (Wildman–Crippen MR) is 125 cm³/mol. The van der Waals surface area contributed by atoms with E-state index < -0.39 is 17.2 Å². The van der Waals surface area contributed by atoms with Gasteiger partial charge >= 0.3 is 5.56 Å². The van der Waals surface area contributed by atoms with E-state index in [0.29, 0.717) is 31.6 Å². The summed E-state index contributed by atoms with van der Waals surface area (Å²) in [6.07, 6.45) is 4.16. The average Bonchev–Trinajstić information content (AvgIpc) is 3.21. The van der Waals surface area contributed by atoms with Gasteiger partial charge in [-0.3, -0.25) is 4.79 Å². The standard InChI is InChI=1S/C24H23F3N4O2S/c1-34-30-6-4-29(5-7-30)22-14-28-31(20-12-18(26)11-19(27)13-20)24(32)23(22)33-21-9-15-2-3-17(25)8-16(15)10-21/h2-3,8,11-14,21H,4-7,9-10H2,1H3. The first-order chi connectivity index (χ1) is 16.4. The van der Waals surface area contributed by atoms with Gasteiger partial charge < -0.3 is 9.64 Å².